The molecular weight excluding hydrogens is 266 g/mol. The van der Waals surface area contributed by atoms with Crippen molar-refractivity contribution in [3.8, 4) is 0 Å². The van der Waals surface area contributed by atoms with Crippen LogP contribution in [0.15, 0.2) is 24.3 Å². The van der Waals surface area contributed by atoms with Gasteiger partial charge >= 0.3 is 5.97 Å². The maximum absolute atomic E-state index is 12.7. The third-order valence-electron chi connectivity index (χ3n) is 5.44. The fraction of sp³-hybridized carbons (Fsp3) is 0.529. The van der Waals surface area contributed by atoms with Crippen LogP contribution >= 0.6 is 0 Å². The van der Waals surface area contributed by atoms with Crippen molar-refractivity contribution in [1.82, 2.24) is 0 Å². The molecule has 3 fully saturated rings. The normalized spacial score (nSPS) is 35.9. The summed E-state index contributed by atoms with van der Waals surface area (Å²) in [7, 11) is 0. The molecule has 2 saturated carbocycles. The topological polar surface area (TPSA) is 55.4 Å². The summed E-state index contributed by atoms with van der Waals surface area (Å²) in [6.45, 7) is 2.07. The number of benzene rings is 1. The highest BCUT2D eigenvalue weighted by Gasteiger charge is 2.63. The number of esters is 1. The Bertz CT molecular complexity index is 610. The van der Waals surface area contributed by atoms with Crippen molar-refractivity contribution in [2.24, 2.45) is 23.7 Å². The highest BCUT2D eigenvalue weighted by atomic mass is 16.6. The van der Waals surface area contributed by atoms with Gasteiger partial charge in [0.25, 0.3) is 0 Å². The zero-order valence-corrected chi connectivity index (χ0v) is 12.0. The summed E-state index contributed by atoms with van der Waals surface area (Å²) in [4.78, 5) is 24.7. The second-order valence-corrected chi connectivity index (χ2v) is 6.42. The Morgan fingerprint density at radius 2 is 2.14 bits per heavy atom. The molecule has 1 amide bonds. The van der Waals surface area contributed by atoms with Crippen molar-refractivity contribution < 1.29 is 14.3 Å². The number of carbonyl (C=O) groups is 2. The van der Waals surface area contributed by atoms with E-state index in [-0.39, 0.29) is 35.7 Å². The average Bonchev–Trinajstić information content (AvgIpc) is 3.09. The summed E-state index contributed by atoms with van der Waals surface area (Å²) in [6.07, 6.45) is 2.79. The minimum absolute atomic E-state index is 0.00861. The van der Waals surface area contributed by atoms with Gasteiger partial charge in [0, 0.05) is 11.6 Å². The van der Waals surface area contributed by atoms with Gasteiger partial charge in [0.1, 0.15) is 6.10 Å². The van der Waals surface area contributed by atoms with Crippen LogP contribution in [0, 0.1) is 23.7 Å². The Hall–Kier alpha value is -1.84. The van der Waals surface area contributed by atoms with Crippen LogP contribution in [0.4, 0.5) is 5.69 Å². The first kappa shape index (κ1) is 12.9. The van der Waals surface area contributed by atoms with Crippen LogP contribution in [0.2, 0.25) is 0 Å². The van der Waals surface area contributed by atoms with Gasteiger partial charge in [-0.3, -0.25) is 9.59 Å². The van der Waals surface area contributed by atoms with Crippen molar-refractivity contribution >= 4 is 17.6 Å². The summed E-state index contributed by atoms with van der Waals surface area (Å²) in [5.74, 6) is 0.0123. The quantitative estimate of drug-likeness (QED) is 0.868. The molecule has 0 unspecified atom stereocenters. The van der Waals surface area contributed by atoms with E-state index in [4.69, 9.17) is 4.74 Å². The van der Waals surface area contributed by atoms with E-state index in [1.165, 1.54) is 0 Å². The fourth-order valence-electron chi connectivity index (χ4n) is 4.53. The Labute approximate surface area is 123 Å². The molecule has 3 aliphatic rings. The van der Waals surface area contributed by atoms with Crippen LogP contribution < -0.4 is 5.32 Å². The second-order valence-electron chi connectivity index (χ2n) is 6.42. The Balaban J connectivity index is 1.57. The van der Waals surface area contributed by atoms with E-state index in [1.54, 1.807) is 0 Å². The summed E-state index contributed by atoms with van der Waals surface area (Å²) in [5.41, 5.74) is 2.00. The van der Waals surface area contributed by atoms with Gasteiger partial charge < -0.3 is 10.1 Å². The van der Waals surface area contributed by atoms with Gasteiger partial charge in [-0.1, -0.05) is 25.1 Å². The van der Waals surface area contributed by atoms with Gasteiger partial charge in [-0.25, -0.2) is 0 Å². The molecule has 21 heavy (non-hydrogen) atoms. The van der Waals surface area contributed by atoms with Crippen LogP contribution in [0.1, 0.15) is 25.3 Å². The second kappa shape index (κ2) is 4.58. The molecule has 2 bridgehead atoms. The number of carbonyl (C=O) groups excluding carboxylic acids is 2. The number of hydrogen-bond donors (Lipinski definition) is 1. The highest BCUT2D eigenvalue weighted by Crippen LogP contribution is 2.57. The van der Waals surface area contributed by atoms with Crippen LogP contribution in [0.25, 0.3) is 0 Å². The minimum atomic E-state index is -0.206. The lowest BCUT2D eigenvalue weighted by atomic mass is 9.79. The van der Waals surface area contributed by atoms with Crippen LogP contribution in [-0.4, -0.2) is 18.0 Å². The van der Waals surface area contributed by atoms with E-state index < -0.39 is 0 Å². The van der Waals surface area contributed by atoms with E-state index >= 15 is 0 Å². The summed E-state index contributed by atoms with van der Waals surface area (Å²) in [6, 6.07) is 7.86. The molecule has 4 rings (SSSR count). The molecule has 110 valence electrons. The molecule has 1 aromatic carbocycles. The molecule has 0 radical (unpaired) electrons. The molecule has 2 aliphatic carbocycles. The molecule has 4 nitrogen and oxygen atoms in total. The fourth-order valence-corrected chi connectivity index (χ4v) is 4.53. The number of aryl methyl sites for hydroxylation is 1. The van der Waals surface area contributed by atoms with Gasteiger partial charge in [-0.05, 0) is 36.8 Å². The molecule has 1 aliphatic heterocycles. The van der Waals surface area contributed by atoms with Crippen LogP contribution in [-0.2, 0) is 20.7 Å². The number of ether oxygens (including phenoxy) is 1. The van der Waals surface area contributed by atoms with Gasteiger partial charge in [0.2, 0.25) is 5.91 Å². The summed E-state index contributed by atoms with van der Waals surface area (Å²) in [5, 5.41) is 3.04. The van der Waals surface area contributed by atoms with E-state index in [0.717, 1.165) is 30.5 Å². The van der Waals surface area contributed by atoms with Crippen molar-refractivity contribution in [2.45, 2.75) is 32.3 Å². The predicted octanol–water partition coefficient (Wildman–Crippen LogP) is 2.39. The smallest absolute Gasteiger partial charge is 0.310 e. The van der Waals surface area contributed by atoms with Crippen molar-refractivity contribution in [1.29, 1.82) is 0 Å². The number of rotatable bonds is 3. The molecule has 1 saturated heterocycles. The number of hydrogen-bond acceptors (Lipinski definition) is 3. The average molecular weight is 285 g/mol. The lowest BCUT2D eigenvalue weighted by molar-refractivity contribution is -0.145. The van der Waals surface area contributed by atoms with E-state index in [2.05, 4.69) is 12.2 Å². The van der Waals surface area contributed by atoms with Gasteiger partial charge in [-0.2, -0.15) is 0 Å². The molecular formula is C17H19NO3. The molecule has 1 heterocycles. The maximum atomic E-state index is 12.7. The zero-order valence-electron chi connectivity index (χ0n) is 12.0. The Kier molecular flexibility index (Phi) is 2.81. The lowest BCUT2D eigenvalue weighted by Crippen LogP contribution is -2.36. The monoisotopic (exact) mass is 285 g/mol. The van der Waals surface area contributed by atoms with Crippen LogP contribution in [0.3, 0.4) is 0 Å². The van der Waals surface area contributed by atoms with Gasteiger partial charge in [0.15, 0.2) is 0 Å². The number of nitrogens with one attached hydrogen (secondary N) is 1. The zero-order chi connectivity index (χ0) is 14.6. The largest absolute Gasteiger partial charge is 0.462 e. The molecule has 0 aromatic heterocycles. The van der Waals surface area contributed by atoms with Crippen molar-refractivity contribution in [2.75, 3.05) is 5.32 Å². The summed E-state index contributed by atoms with van der Waals surface area (Å²) < 4.78 is 5.40. The molecule has 5 atom stereocenters. The predicted molar refractivity (Wildman–Crippen MR) is 77.5 cm³/mol. The molecule has 0 spiro atoms. The third kappa shape index (κ3) is 1.81. The van der Waals surface area contributed by atoms with E-state index in [9.17, 15) is 9.59 Å². The third-order valence-corrected chi connectivity index (χ3v) is 5.44. The maximum Gasteiger partial charge on any atom is 0.310 e. The van der Waals surface area contributed by atoms with Gasteiger partial charge in [-0.15, -0.1) is 0 Å². The number of para-hydroxylation sites is 1. The number of amides is 1. The first-order valence-corrected chi connectivity index (χ1v) is 7.78. The molecule has 4 heteroatoms. The number of fused-ring (bicyclic) bond motifs is 1. The lowest BCUT2D eigenvalue weighted by Gasteiger charge is -2.24. The molecule has 1 aromatic rings. The van der Waals surface area contributed by atoms with E-state index in [1.807, 2.05) is 24.3 Å². The standard InChI is InChI=1S/C17H19NO3/c1-2-9-5-3-4-6-12(9)18-16(19)14-10-7-11-13(8-10)21-17(20)15(11)14/h3-6,10-11,13-15H,2,7-8H2,1H3,(H,18,19)/t10-,11+,13+,14-,15-/m1/s1. The first-order valence-electron chi connectivity index (χ1n) is 7.78. The van der Waals surface area contributed by atoms with Gasteiger partial charge in [0.05, 0.1) is 11.8 Å². The molecule has 1 N–H and O–H groups in total. The minimum Gasteiger partial charge on any atom is -0.462 e. The number of anilines is 1. The highest BCUT2D eigenvalue weighted by molar-refractivity contribution is 5.97. The first-order chi connectivity index (χ1) is 10.2. The van der Waals surface area contributed by atoms with E-state index in [0.29, 0.717) is 5.92 Å². The van der Waals surface area contributed by atoms with Crippen molar-refractivity contribution in [3.63, 3.8) is 0 Å². The Morgan fingerprint density at radius 1 is 1.33 bits per heavy atom. The Morgan fingerprint density at radius 3 is 2.95 bits per heavy atom. The summed E-state index contributed by atoms with van der Waals surface area (Å²) >= 11 is 0. The van der Waals surface area contributed by atoms with Crippen molar-refractivity contribution in [3.05, 3.63) is 29.8 Å². The SMILES string of the molecule is CCc1ccccc1NC(=O)[C@@H]1[C@@H]2C[C@@H]3[C@H]1C(=O)O[C@H]3C2. The van der Waals surface area contributed by atoms with Crippen LogP contribution in [0.5, 0.6) is 0 Å².